The average molecular weight is 497 g/mol. The molecule has 1 amide bonds. The molecule has 5 rings (SSSR count). The van der Waals surface area contributed by atoms with Crippen LogP contribution in [0.3, 0.4) is 0 Å². The number of nitrogen functional groups attached to an aromatic ring is 1. The number of amides is 1. The van der Waals surface area contributed by atoms with Gasteiger partial charge in [-0.15, -0.1) is 11.3 Å². The predicted molar refractivity (Wildman–Crippen MR) is 143 cm³/mol. The molecule has 36 heavy (non-hydrogen) atoms. The molecular formula is C28H24N4O3S. The Morgan fingerprint density at radius 2 is 1.72 bits per heavy atom. The fraction of sp³-hybridized carbons (Fsp3) is 0.0714. The molecule has 0 aliphatic carbocycles. The van der Waals surface area contributed by atoms with Gasteiger partial charge in [0.1, 0.15) is 18.2 Å². The minimum Gasteiger partial charge on any atom is -0.481 e. The Bertz CT molecular complexity index is 1500. The standard InChI is InChI=1S/C28H24N4O3S/c29-27(30)26-17-20-23(13-8-14-25(20)36-26)35-24(19-9-2-1-3-10-19)18-34-28(33)31-21-11-4-5-12-22(21)32-15-6-7-16-32/h1-17,24H,18H2,(H3,29,30)(H,31,33). The van der Waals surface area contributed by atoms with E-state index < -0.39 is 12.2 Å². The number of carbonyl (C=O) groups is 1. The largest absolute Gasteiger partial charge is 0.481 e. The number of ether oxygens (including phenoxy) is 2. The van der Waals surface area contributed by atoms with Crippen LogP contribution < -0.4 is 15.8 Å². The third kappa shape index (κ3) is 5.08. The molecule has 0 spiro atoms. The second-order valence-corrected chi connectivity index (χ2v) is 9.12. The smallest absolute Gasteiger partial charge is 0.411 e. The van der Waals surface area contributed by atoms with E-state index in [2.05, 4.69) is 5.32 Å². The van der Waals surface area contributed by atoms with E-state index >= 15 is 0 Å². The highest BCUT2D eigenvalue weighted by molar-refractivity contribution is 7.20. The van der Waals surface area contributed by atoms with E-state index in [0.29, 0.717) is 16.3 Å². The number of benzene rings is 3. The molecule has 0 radical (unpaired) electrons. The number of carbonyl (C=O) groups excluding carboxylic acids is 1. The zero-order chi connectivity index (χ0) is 24.9. The molecule has 0 aliphatic heterocycles. The predicted octanol–water partition coefficient (Wildman–Crippen LogP) is 6.34. The maximum atomic E-state index is 12.8. The van der Waals surface area contributed by atoms with E-state index in [-0.39, 0.29) is 12.4 Å². The van der Waals surface area contributed by atoms with E-state index in [1.165, 1.54) is 11.3 Å². The Morgan fingerprint density at radius 1 is 0.972 bits per heavy atom. The van der Waals surface area contributed by atoms with Crippen LogP contribution >= 0.6 is 11.3 Å². The van der Waals surface area contributed by atoms with Gasteiger partial charge in [0, 0.05) is 22.5 Å². The van der Waals surface area contributed by atoms with Crippen LogP contribution in [-0.4, -0.2) is 23.1 Å². The molecular weight excluding hydrogens is 472 g/mol. The summed E-state index contributed by atoms with van der Waals surface area (Å²) in [5, 5.41) is 11.5. The number of hydrogen-bond donors (Lipinski definition) is 3. The van der Waals surface area contributed by atoms with E-state index in [1.54, 1.807) is 0 Å². The van der Waals surface area contributed by atoms with E-state index in [4.69, 9.17) is 20.6 Å². The average Bonchev–Trinajstić information content (AvgIpc) is 3.58. The van der Waals surface area contributed by atoms with Crippen molar-refractivity contribution in [3.05, 3.63) is 114 Å². The lowest BCUT2D eigenvalue weighted by molar-refractivity contribution is 0.0910. The molecule has 180 valence electrons. The molecule has 0 saturated heterocycles. The van der Waals surface area contributed by atoms with Crippen LogP contribution in [0, 0.1) is 5.41 Å². The lowest BCUT2D eigenvalue weighted by Crippen LogP contribution is -2.21. The third-order valence-corrected chi connectivity index (χ3v) is 6.75. The second kappa shape index (κ2) is 10.4. The second-order valence-electron chi connectivity index (χ2n) is 8.04. The number of rotatable bonds is 8. The maximum Gasteiger partial charge on any atom is 0.411 e. The molecule has 0 aliphatic rings. The lowest BCUT2D eigenvalue weighted by Gasteiger charge is -2.20. The summed E-state index contributed by atoms with van der Waals surface area (Å²) in [5.74, 6) is 0.647. The number of amidine groups is 1. The highest BCUT2D eigenvalue weighted by atomic mass is 32.1. The molecule has 3 aromatic carbocycles. The van der Waals surface area contributed by atoms with Crippen molar-refractivity contribution in [3.8, 4) is 11.4 Å². The minimum absolute atomic E-state index is 0.00161. The number of anilines is 1. The lowest BCUT2D eigenvalue weighted by atomic mass is 10.1. The first-order chi connectivity index (χ1) is 17.6. The number of nitrogens with zero attached hydrogens (tertiary/aromatic N) is 1. The Balaban J connectivity index is 1.35. The number of aromatic nitrogens is 1. The van der Waals surface area contributed by atoms with Crippen LogP contribution in [0.15, 0.2) is 103 Å². The Labute approximate surface area is 212 Å². The summed E-state index contributed by atoms with van der Waals surface area (Å²) in [6.07, 6.45) is 2.70. The van der Waals surface area contributed by atoms with Crippen molar-refractivity contribution in [3.63, 3.8) is 0 Å². The highest BCUT2D eigenvalue weighted by Gasteiger charge is 2.19. The van der Waals surface area contributed by atoms with Gasteiger partial charge in [-0.3, -0.25) is 10.7 Å². The summed E-state index contributed by atoms with van der Waals surface area (Å²) in [6, 6.07) is 28.5. The zero-order valence-corrected chi connectivity index (χ0v) is 20.1. The number of para-hydroxylation sites is 2. The first kappa shape index (κ1) is 23.2. The molecule has 5 aromatic rings. The molecule has 7 nitrogen and oxygen atoms in total. The molecule has 0 fully saturated rings. The molecule has 1 atom stereocenters. The maximum absolute atomic E-state index is 12.8. The van der Waals surface area contributed by atoms with Crippen LogP contribution in [0.1, 0.15) is 16.5 Å². The number of nitrogens with two attached hydrogens (primary N) is 1. The zero-order valence-electron chi connectivity index (χ0n) is 19.3. The summed E-state index contributed by atoms with van der Waals surface area (Å²) in [6.45, 7) is 0.00161. The third-order valence-electron chi connectivity index (χ3n) is 5.62. The van der Waals surface area contributed by atoms with E-state index in [9.17, 15) is 4.79 Å². The van der Waals surface area contributed by atoms with Gasteiger partial charge in [-0.2, -0.15) is 0 Å². The van der Waals surface area contributed by atoms with Crippen LogP contribution in [0.25, 0.3) is 15.8 Å². The van der Waals surface area contributed by atoms with Crippen molar-refractivity contribution in [2.75, 3.05) is 11.9 Å². The minimum atomic E-state index is -0.577. The van der Waals surface area contributed by atoms with Gasteiger partial charge in [0.15, 0.2) is 6.10 Å². The van der Waals surface area contributed by atoms with Gasteiger partial charge in [-0.05, 0) is 48.0 Å². The summed E-state index contributed by atoms with van der Waals surface area (Å²) < 4.78 is 14.9. The molecule has 1 unspecified atom stereocenters. The first-order valence-corrected chi connectivity index (χ1v) is 12.1. The molecule has 4 N–H and O–H groups in total. The van der Waals surface area contributed by atoms with Crippen molar-refractivity contribution in [1.82, 2.24) is 4.57 Å². The van der Waals surface area contributed by atoms with Gasteiger partial charge in [-0.1, -0.05) is 48.5 Å². The molecule has 2 aromatic heterocycles. The summed E-state index contributed by atoms with van der Waals surface area (Å²) in [7, 11) is 0. The van der Waals surface area contributed by atoms with E-state index in [0.717, 1.165) is 21.3 Å². The summed E-state index contributed by atoms with van der Waals surface area (Å²) in [5.41, 5.74) is 8.03. The highest BCUT2D eigenvalue weighted by Crippen LogP contribution is 2.35. The topological polar surface area (TPSA) is 102 Å². The van der Waals surface area contributed by atoms with Gasteiger partial charge in [0.25, 0.3) is 0 Å². The van der Waals surface area contributed by atoms with Crippen molar-refractivity contribution in [2.24, 2.45) is 5.73 Å². The number of fused-ring (bicyclic) bond motifs is 1. The Kier molecular flexibility index (Phi) is 6.68. The summed E-state index contributed by atoms with van der Waals surface area (Å²) in [4.78, 5) is 13.5. The fourth-order valence-corrected chi connectivity index (χ4v) is 4.83. The number of thiophene rings is 1. The SMILES string of the molecule is N=C(N)c1cc2c(OC(COC(=O)Nc3ccccc3-n3cccc3)c3ccccc3)cccc2s1. The van der Waals surface area contributed by atoms with Gasteiger partial charge in [0.2, 0.25) is 0 Å². The summed E-state index contributed by atoms with van der Waals surface area (Å²) >= 11 is 1.44. The van der Waals surface area contributed by atoms with Crippen molar-refractivity contribution < 1.29 is 14.3 Å². The normalized spacial score (nSPS) is 11.7. The monoisotopic (exact) mass is 496 g/mol. The Hall–Kier alpha value is -4.56. The Morgan fingerprint density at radius 3 is 2.50 bits per heavy atom. The molecule has 0 bridgehead atoms. The van der Waals surface area contributed by atoms with Crippen LogP contribution in [0.4, 0.5) is 10.5 Å². The first-order valence-electron chi connectivity index (χ1n) is 11.3. The van der Waals surface area contributed by atoms with Gasteiger partial charge >= 0.3 is 6.09 Å². The van der Waals surface area contributed by atoms with Gasteiger partial charge in [-0.25, -0.2) is 4.79 Å². The van der Waals surface area contributed by atoms with Crippen LogP contribution in [0.2, 0.25) is 0 Å². The van der Waals surface area contributed by atoms with E-state index in [1.807, 2.05) is 108 Å². The number of nitrogens with one attached hydrogen (secondary N) is 2. The van der Waals surface area contributed by atoms with Crippen LogP contribution in [-0.2, 0) is 4.74 Å². The van der Waals surface area contributed by atoms with Crippen molar-refractivity contribution in [2.45, 2.75) is 6.10 Å². The van der Waals surface area contributed by atoms with Crippen molar-refractivity contribution >= 4 is 39.0 Å². The fourth-order valence-electron chi connectivity index (χ4n) is 3.89. The van der Waals surface area contributed by atoms with Gasteiger partial charge in [0.05, 0.1) is 16.3 Å². The molecule has 2 heterocycles. The quantitative estimate of drug-likeness (QED) is 0.172. The molecule has 0 saturated carbocycles. The van der Waals surface area contributed by atoms with Crippen molar-refractivity contribution in [1.29, 1.82) is 5.41 Å². The molecule has 8 heteroatoms. The van der Waals surface area contributed by atoms with Gasteiger partial charge < -0.3 is 19.8 Å². The number of hydrogen-bond acceptors (Lipinski definition) is 5. The van der Waals surface area contributed by atoms with Crippen LogP contribution in [0.5, 0.6) is 5.75 Å².